The number of nitrogens with zero attached hydrogens (tertiary/aromatic N) is 2. The summed E-state index contributed by atoms with van der Waals surface area (Å²) in [4.78, 5) is 16.4. The molecule has 1 fully saturated rings. The Morgan fingerprint density at radius 3 is 2.20 bits per heavy atom. The Balaban J connectivity index is 1.34. The molecule has 0 aromatic heterocycles. The van der Waals surface area contributed by atoms with Crippen molar-refractivity contribution < 1.29 is 4.79 Å². The van der Waals surface area contributed by atoms with Crippen LogP contribution in [0.1, 0.15) is 42.0 Å². The number of hydrogen-bond donors (Lipinski definition) is 0. The van der Waals surface area contributed by atoms with E-state index in [9.17, 15) is 4.79 Å². The smallest absolute Gasteiger partial charge is 0.209 e. The highest BCUT2D eigenvalue weighted by atomic mass is 35.5. The van der Waals surface area contributed by atoms with Crippen molar-refractivity contribution in [3.63, 3.8) is 0 Å². The zero-order valence-electron chi connectivity index (χ0n) is 20.2. The summed E-state index contributed by atoms with van der Waals surface area (Å²) in [6, 6.07) is 27.6. The van der Waals surface area contributed by atoms with E-state index in [0.29, 0.717) is 22.6 Å². The average Bonchev–Trinajstić information content (AvgIpc) is 2.90. The normalized spacial score (nSPS) is 15.6. The molecule has 1 atom stereocenters. The molecular formula is C30H34Cl2N2O. The van der Waals surface area contributed by atoms with Crippen LogP contribution < -0.4 is 0 Å². The number of rotatable bonds is 11. The average molecular weight is 510 g/mol. The minimum atomic E-state index is 0.321. The maximum atomic E-state index is 11.9. The molecule has 0 bridgehead atoms. The van der Waals surface area contributed by atoms with Crippen LogP contribution in [0.4, 0.5) is 0 Å². The molecule has 3 aromatic rings. The van der Waals surface area contributed by atoms with Crippen molar-refractivity contribution in [2.45, 2.75) is 38.1 Å². The highest BCUT2D eigenvalue weighted by Crippen LogP contribution is 2.31. The van der Waals surface area contributed by atoms with E-state index in [1.54, 1.807) is 0 Å². The van der Waals surface area contributed by atoms with Crippen molar-refractivity contribution in [1.29, 1.82) is 0 Å². The Hall–Kier alpha value is -2.33. The lowest BCUT2D eigenvalue weighted by Gasteiger charge is -2.38. The van der Waals surface area contributed by atoms with Gasteiger partial charge in [0.15, 0.2) is 0 Å². The molecule has 0 aliphatic carbocycles. The molecule has 0 spiro atoms. The molecule has 1 aliphatic heterocycles. The van der Waals surface area contributed by atoms with Crippen LogP contribution in [0.15, 0.2) is 78.9 Å². The van der Waals surface area contributed by atoms with E-state index in [1.807, 2.05) is 23.1 Å². The summed E-state index contributed by atoms with van der Waals surface area (Å²) >= 11 is 12.2. The Labute approximate surface area is 219 Å². The standard InChI is InChI=1S/C30H34Cl2N2O/c31-28-12-11-25(22-29(28)32)13-17-33(23-35)18-16-30(27-9-5-2-6-10-27)34-19-14-26(15-20-34)21-24-7-3-1-4-8-24/h1-12,22-23,26,30H,13-21H2. The number of benzene rings is 3. The predicted molar refractivity (Wildman–Crippen MR) is 146 cm³/mol. The van der Waals surface area contributed by atoms with Crippen molar-refractivity contribution in [2.75, 3.05) is 26.2 Å². The Morgan fingerprint density at radius 2 is 1.54 bits per heavy atom. The maximum Gasteiger partial charge on any atom is 0.209 e. The van der Waals surface area contributed by atoms with Crippen LogP contribution >= 0.6 is 23.2 Å². The van der Waals surface area contributed by atoms with Crippen LogP contribution in [0.5, 0.6) is 0 Å². The summed E-state index contributed by atoms with van der Waals surface area (Å²) in [6.45, 7) is 3.60. The molecule has 0 saturated carbocycles. The first-order chi connectivity index (χ1) is 17.1. The summed E-state index contributed by atoms with van der Waals surface area (Å²) in [5, 5.41) is 1.11. The van der Waals surface area contributed by atoms with Gasteiger partial charge in [0.1, 0.15) is 0 Å². The molecule has 0 N–H and O–H groups in total. The Kier molecular flexibility index (Phi) is 9.65. The Morgan fingerprint density at radius 1 is 0.857 bits per heavy atom. The second-order valence-electron chi connectivity index (χ2n) is 9.52. The molecule has 1 aliphatic rings. The molecule has 3 aromatic carbocycles. The second-order valence-corrected chi connectivity index (χ2v) is 10.3. The van der Waals surface area contributed by atoms with E-state index in [2.05, 4.69) is 65.6 Å². The fourth-order valence-corrected chi connectivity index (χ4v) is 5.45. The van der Waals surface area contributed by atoms with E-state index < -0.39 is 0 Å². The summed E-state index contributed by atoms with van der Waals surface area (Å²) in [5.74, 6) is 0.739. The minimum Gasteiger partial charge on any atom is -0.345 e. The van der Waals surface area contributed by atoms with Gasteiger partial charge in [-0.3, -0.25) is 9.69 Å². The van der Waals surface area contributed by atoms with Crippen molar-refractivity contribution in [2.24, 2.45) is 5.92 Å². The van der Waals surface area contributed by atoms with E-state index >= 15 is 0 Å². The monoisotopic (exact) mass is 508 g/mol. The zero-order chi connectivity index (χ0) is 24.5. The molecule has 1 amide bonds. The molecule has 0 radical (unpaired) electrons. The second kappa shape index (κ2) is 13.1. The third-order valence-corrected chi connectivity index (χ3v) is 7.89. The van der Waals surface area contributed by atoms with Gasteiger partial charge in [-0.1, -0.05) is 89.9 Å². The number of carbonyl (C=O) groups is 1. The van der Waals surface area contributed by atoms with Gasteiger partial charge in [0.05, 0.1) is 10.0 Å². The Bertz CT molecular complexity index is 1050. The predicted octanol–water partition coefficient (Wildman–Crippen LogP) is 7.08. The molecule has 4 rings (SSSR count). The first-order valence-electron chi connectivity index (χ1n) is 12.6. The SMILES string of the molecule is O=CN(CCc1ccc(Cl)c(Cl)c1)CCC(c1ccccc1)N1CCC(Cc2ccccc2)CC1. The molecule has 5 heteroatoms. The molecule has 184 valence electrons. The molecular weight excluding hydrogens is 475 g/mol. The molecule has 3 nitrogen and oxygen atoms in total. The van der Waals surface area contributed by atoms with Gasteiger partial charge >= 0.3 is 0 Å². The highest BCUT2D eigenvalue weighted by molar-refractivity contribution is 6.42. The highest BCUT2D eigenvalue weighted by Gasteiger charge is 2.26. The van der Waals surface area contributed by atoms with Gasteiger partial charge in [-0.25, -0.2) is 0 Å². The number of likely N-dealkylation sites (tertiary alicyclic amines) is 1. The van der Waals surface area contributed by atoms with Crippen molar-refractivity contribution in [1.82, 2.24) is 9.80 Å². The first kappa shape index (κ1) is 25.8. The third kappa shape index (κ3) is 7.57. The van der Waals surface area contributed by atoms with Crippen LogP contribution in [0, 0.1) is 5.92 Å². The summed E-state index contributed by atoms with van der Waals surface area (Å²) in [6.07, 6.45) is 6.26. The van der Waals surface area contributed by atoms with Gasteiger partial charge in [0.25, 0.3) is 0 Å². The van der Waals surface area contributed by atoms with Gasteiger partial charge in [-0.15, -0.1) is 0 Å². The van der Waals surface area contributed by atoms with Gasteiger partial charge in [-0.05, 0) is 79.9 Å². The van der Waals surface area contributed by atoms with Crippen molar-refractivity contribution in [3.8, 4) is 0 Å². The van der Waals surface area contributed by atoms with Crippen LogP contribution in [-0.4, -0.2) is 42.4 Å². The van der Waals surface area contributed by atoms with Gasteiger partial charge < -0.3 is 4.90 Å². The summed E-state index contributed by atoms with van der Waals surface area (Å²) < 4.78 is 0. The minimum absolute atomic E-state index is 0.321. The molecule has 1 saturated heterocycles. The van der Waals surface area contributed by atoms with E-state index in [1.165, 1.54) is 24.0 Å². The largest absolute Gasteiger partial charge is 0.345 e. The molecule has 1 heterocycles. The van der Waals surface area contributed by atoms with Gasteiger partial charge in [-0.2, -0.15) is 0 Å². The lowest BCUT2D eigenvalue weighted by atomic mass is 9.88. The topological polar surface area (TPSA) is 23.6 Å². The lowest BCUT2D eigenvalue weighted by Crippen LogP contribution is -2.39. The third-order valence-electron chi connectivity index (χ3n) is 7.15. The zero-order valence-corrected chi connectivity index (χ0v) is 21.7. The quantitative estimate of drug-likeness (QED) is 0.258. The van der Waals surface area contributed by atoms with Crippen LogP contribution in [0.2, 0.25) is 10.0 Å². The number of piperidine rings is 1. The summed E-state index contributed by atoms with van der Waals surface area (Å²) in [7, 11) is 0. The van der Waals surface area contributed by atoms with Crippen molar-refractivity contribution >= 4 is 29.6 Å². The molecule has 35 heavy (non-hydrogen) atoms. The number of amides is 1. The number of halogens is 2. The lowest BCUT2D eigenvalue weighted by molar-refractivity contribution is -0.118. The van der Waals surface area contributed by atoms with Crippen LogP contribution in [0.25, 0.3) is 0 Å². The van der Waals surface area contributed by atoms with Crippen molar-refractivity contribution in [3.05, 3.63) is 106 Å². The van der Waals surface area contributed by atoms with Gasteiger partial charge in [0, 0.05) is 19.1 Å². The van der Waals surface area contributed by atoms with E-state index in [4.69, 9.17) is 23.2 Å². The van der Waals surface area contributed by atoms with Crippen LogP contribution in [-0.2, 0) is 17.6 Å². The number of hydrogen-bond acceptors (Lipinski definition) is 2. The van der Waals surface area contributed by atoms with E-state index in [-0.39, 0.29) is 0 Å². The van der Waals surface area contributed by atoms with Crippen LogP contribution in [0.3, 0.4) is 0 Å². The fraction of sp³-hybridized carbons (Fsp3) is 0.367. The van der Waals surface area contributed by atoms with Gasteiger partial charge in [0.2, 0.25) is 6.41 Å². The summed E-state index contributed by atoms with van der Waals surface area (Å²) in [5.41, 5.74) is 3.87. The molecule has 1 unspecified atom stereocenters. The number of carbonyl (C=O) groups excluding carboxylic acids is 1. The fourth-order valence-electron chi connectivity index (χ4n) is 5.12. The first-order valence-corrected chi connectivity index (χ1v) is 13.3. The maximum absolute atomic E-state index is 11.9. The van der Waals surface area contributed by atoms with E-state index in [0.717, 1.165) is 56.8 Å².